The van der Waals surface area contributed by atoms with Crippen molar-refractivity contribution in [3.8, 4) is 79.4 Å². The first-order chi connectivity index (χ1) is 42.6. The second kappa shape index (κ2) is 19.3. The van der Waals surface area contributed by atoms with Gasteiger partial charge in [0.05, 0.1) is 55.3 Å². The minimum absolute atomic E-state index is 0.313. The molecule has 17 aromatic rings. The lowest BCUT2D eigenvalue weighted by Crippen LogP contribution is -2.03. The third kappa shape index (κ3) is 7.24. The molecule has 0 bridgehead atoms. The zero-order chi connectivity index (χ0) is 57.0. The molecule has 0 aliphatic heterocycles. The molecule has 0 atom stereocenters. The number of aromatic nitrogens is 4. The molecule has 0 spiro atoms. The van der Waals surface area contributed by atoms with Crippen molar-refractivity contribution in [3.63, 3.8) is 0 Å². The predicted molar refractivity (Wildman–Crippen MR) is 355 cm³/mol. The van der Waals surface area contributed by atoms with E-state index in [1.54, 1.807) is 0 Å². The van der Waals surface area contributed by atoms with E-state index in [1.807, 2.05) is 12.1 Å². The van der Waals surface area contributed by atoms with Gasteiger partial charge in [-0.2, -0.15) is 10.5 Å². The topological polar surface area (TPSA) is 67.3 Å². The second-order valence-electron chi connectivity index (χ2n) is 22.2. The van der Waals surface area contributed by atoms with Crippen molar-refractivity contribution in [2.45, 2.75) is 0 Å². The number of benzene rings is 13. The van der Waals surface area contributed by atoms with Gasteiger partial charge in [-0.3, -0.25) is 0 Å². The van der Waals surface area contributed by atoms with Gasteiger partial charge in [0.1, 0.15) is 12.1 Å². The highest BCUT2D eigenvalue weighted by molar-refractivity contribution is 6.18. The Morgan fingerprint density at radius 3 is 0.651 bits per heavy atom. The van der Waals surface area contributed by atoms with Crippen LogP contribution in [-0.4, -0.2) is 18.3 Å². The Morgan fingerprint density at radius 2 is 0.407 bits per heavy atom. The molecule has 0 aliphatic rings. The molecule has 0 fully saturated rings. The first-order valence-electron chi connectivity index (χ1n) is 29.0. The van der Waals surface area contributed by atoms with E-state index >= 15 is 0 Å². The highest BCUT2D eigenvalue weighted by Crippen LogP contribution is 2.53. The van der Waals surface area contributed by atoms with Gasteiger partial charge in [0.2, 0.25) is 0 Å². The molecule has 6 heteroatoms. The number of nitrogens with zero attached hydrogens (tertiary/aromatic N) is 6. The molecule has 13 aromatic carbocycles. The van der Waals surface area contributed by atoms with Gasteiger partial charge in [0.15, 0.2) is 0 Å². The van der Waals surface area contributed by atoms with E-state index < -0.39 is 0 Å². The Bertz CT molecular complexity index is 5360. The number of hydrogen-bond donors (Lipinski definition) is 0. The van der Waals surface area contributed by atoms with Gasteiger partial charge in [0.25, 0.3) is 0 Å². The third-order valence-corrected chi connectivity index (χ3v) is 17.6. The average Bonchev–Trinajstić information content (AvgIpc) is 1.33. The second-order valence-corrected chi connectivity index (χ2v) is 22.2. The van der Waals surface area contributed by atoms with Crippen LogP contribution in [0.2, 0.25) is 0 Å². The van der Waals surface area contributed by atoms with E-state index in [1.165, 1.54) is 0 Å². The maximum atomic E-state index is 12.2. The Kier molecular flexibility index (Phi) is 11.0. The maximum absolute atomic E-state index is 12.2. The predicted octanol–water partition coefficient (Wildman–Crippen LogP) is 20.5. The number of para-hydroxylation sites is 8. The Hall–Kier alpha value is -12.0. The molecule has 86 heavy (non-hydrogen) atoms. The van der Waals surface area contributed by atoms with Gasteiger partial charge in [-0.15, -0.1) is 0 Å². The molecule has 0 saturated carbocycles. The molecule has 0 amide bonds. The van der Waals surface area contributed by atoms with Crippen molar-refractivity contribution in [3.05, 3.63) is 302 Å². The van der Waals surface area contributed by atoms with Crippen LogP contribution in [0.1, 0.15) is 11.1 Å². The van der Waals surface area contributed by atoms with Gasteiger partial charge < -0.3 is 18.3 Å². The molecule has 0 unspecified atom stereocenters. The minimum atomic E-state index is 0.313. The van der Waals surface area contributed by atoms with E-state index in [0.717, 1.165) is 143 Å². The summed E-state index contributed by atoms with van der Waals surface area (Å²) in [6, 6.07) is 109. The van der Waals surface area contributed by atoms with Crippen molar-refractivity contribution in [2.24, 2.45) is 0 Å². The zero-order valence-electron chi connectivity index (χ0n) is 46.4. The molecular weight excluding hydrogens is 1040 g/mol. The first-order valence-corrected chi connectivity index (χ1v) is 29.0. The Labute approximate surface area is 495 Å². The number of hydrogen-bond acceptors (Lipinski definition) is 2. The van der Waals surface area contributed by atoms with Crippen molar-refractivity contribution in [2.75, 3.05) is 0 Å². The summed E-state index contributed by atoms with van der Waals surface area (Å²) in [5.74, 6) is 0. The Balaban J connectivity index is 1.05. The highest BCUT2D eigenvalue weighted by Gasteiger charge is 2.31. The number of fused-ring (bicyclic) bond motifs is 12. The standard InChI is InChI=1S/C80H48N6/c81-49-67-68(50-82)78(52-38-42-74-64(46-52)60-30-14-18-34-70(60)84(74)56-23-7-2-8-24-56)80(54-40-44-76-66(48-54)62-32-16-20-36-72(62)86(76)58-27-11-4-12-28-58)79(53-39-43-75-65(47-53)61-31-15-19-35-71(61)85(75)57-25-9-3-10-26-57)77(67)51-37-41-73-63(45-51)59-29-13-17-33-69(59)83(73)55-21-5-1-6-22-55/h1-48H. The van der Waals surface area contributed by atoms with Crippen molar-refractivity contribution >= 4 is 87.2 Å². The van der Waals surface area contributed by atoms with Crippen LogP contribution in [0.25, 0.3) is 154 Å². The fourth-order valence-corrected chi connectivity index (χ4v) is 14.1. The van der Waals surface area contributed by atoms with Crippen LogP contribution < -0.4 is 0 Å². The van der Waals surface area contributed by atoms with Gasteiger partial charge >= 0.3 is 0 Å². The fraction of sp³-hybridized carbons (Fsp3) is 0. The first kappa shape index (κ1) is 48.7. The van der Waals surface area contributed by atoms with Crippen LogP contribution in [0.3, 0.4) is 0 Å². The molecule has 0 saturated heterocycles. The van der Waals surface area contributed by atoms with Crippen molar-refractivity contribution < 1.29 is 0 Å². The number of rotatable bonds is 8. The van der Waals surface area contributed by atoms with Gasteiger partial charge in [-0.05, 0) is 155 Å². The summed E-state index contributed by atoms with van der Waals surface area (Å²) in [5.41, 5.74) is 20.0. The van der Waals surface area contributed by atoms with E-state index in [-0.39, 0.29) is 0 Å². The van der Waals surface area contributed by atoms with Gasteiger partial charge in [-0.25, -0.2) is 0 Å². The lowest BCUT2D eigenvalue weighted by molar-refractivity contribution is 1.18. The lowest BCUT2D eigenvalue weighted by atomic mass is 9.77. The van der Waals surface area contributed by atoms with Crippen LogP contribution in [0.5, 0.6) is 0 Å². The van der Waals surface area contributed by atoms with E-state index in [2.05, 4.69) is 309 Å². The molecule has 398 valence electrons. The lowest BCUT2D eigenvalue weighted by Gasteiger charge is -2.24. The van der Waals surface area contributed by atoms with E-state index in [9.17, 15) is 10.5 Å². The SMILES string of the molecule is N#Cc1c(C#N)c(-c2ccc3c(c2)c2ccccc2n3-c2ccccc2)c(-c2ccc3c(c2)c2ccccc2n3-c2ccccc2)c(-c2ccc3c(c2)c2ccccc2n3-c2ccccc2)c1-c1ccc2c(c1)c1ccccc1n2-c1ccccc1. The van der Waals surface area contributed by atoms with Crippen LogP contribution in [0.15, 0.2) is 291 Å². The monoisotopic (exact) mass is 1090 g/mol. The van der Waals surface area contributed by atoms with Crippen LogP contribution in [0.4, 0.5) is 0 Å². The minimum Gasteiger partial charge on any atom is -0.309 e. The summed E-state index contributed by atoms with van der Waals surface area (Å²) < 4.78 is 9.32. The summed E-state index contributed by atoms with van der Waals surface area (Å²) in [4.78, 5) is 0. The third-order valence-electron chi connectivity index (χ3n) is 17.6. The molecule has 17 rings (SSSR count). The zero-order valence-corrected chi connectivity index (χ0v) is 46.4. The van der Waals surface area contributed by atoms with Gasteiger partial charge in [0, 0.05) is 77.0 Å². The summed E-state index contributed by atoms with van der Waals surface area (Å²) in [5, 5.41) is 33.0. The molecule has 0 radical (unpaired) electrons. The molecular formula is C80H48N6. The van der Waals surface area contributed by atoms with Crippen LogP contribution in [-0.2, 0) is 0 Å². The van der Waals surface area contributed by atoms with Gasteiger partial charge in [-0.1, -0.05) is 170 Å². The molecule has 6 nitrogen and oxygen atoms in total. The quantitative estimate of drug-likeness (QED) is 0.152. The Morgan fingerprint density at radius 1 is 0.198 bits per heavy atom. The molecule has 4 heterocycles. The smallest absolute Gasteiger partial charge is 0.101 e. The van der Waals surface area contributed by atoms with E-state index in [0.29, 0.717) is 22.3 Å². The summed E-state index contributed by atoms with van der Waals surface area (Å²) in [7, 11) is 0. The molecule has 0 N–H and O–H groups in total. The van der Waals surface area contributed by atoms with Crippen LogP contribution >= 0.6 is 0 Å². The summed E-state index contributed by atoms with van der Waals surface area (Å²) in [6.45, 7) is 0. The maximum Gasteiger partial charge on any atom is 0.101 e. The normalized spacial score (nSPS) is 11.7. The van der Waals surface area contributed by atoms with Crippen LogP contribution in [0, 0.1) is 22.7 Å². The average molecular weight is 1090 g/mol. The fourth-order valence-electron chi connectivity index (χ4n) is 14.1. The van der Waals surface area contributed by atoms with E-state index in [4.69, 9.17) is 0 Å². The molecule has 4 aromatic heterocycles. The summed E-state index contributed by atoms with van der Waals surface area (Å²) >= 11 is 0. The largest absolute Gasteiger partial charge is 0.309 e. The highest BCUT2D eigenvalue weighted by atomic mass is 15.0. The van der Waals surface area contributed by atoms with Crippen molar-refractivity contribution in [1.82, 2.24) is 18.3 Å². The van der Waals surface area contributed by atoms with Crippen molar-refractivity contribution in [1.29, 1.82) is 10.5 Å². The summed E-state index contributed by atoms with van der Waals surface area (Å²) in [6.07, 6.45) is 0. The molecule has 0 aliphatic carbocycles. The number of nitriles is 2.